The van der Waals surface area contributed by atoms with Crippen LogP contribution in [0.5, 0.6) is 0 Å². The van der Waals surface area contributed by atoms with Crippen LogP contribution in [-0.2, 0) is 0 Å². The maximum absolute atomic E-state index is 10.3. The molecule has 1 rings (SSSR count). The van der Waals surface area contributed by atoms with Crippen molar-refractivity contribution in [3.8, 4) is 0 Å². The summed E-state index contributed by atoms with van der Waals surface area (Å²) >= 11 is 0. The van der Waals surface area contributed by atoms with E-state index in [2.05, 4.69) is 0 Å². The molecule has 0 bridgehead atoms. The maximum Gasteiger partial charge on any atom is 0.185 e. The number of aldehydes is 1. The first-order valence-corrected chi connectivity index (χ1v) is 3.25. The van der Waals surface area contributed by atoms with Gasteiger partial charge in [0.1, 0.15) is 0 Å². The van der Waals surface area contributed by atoms with Gasteiger partial charge in [-0.25, -0.2) is 0 Å². The average Bonchev–Trinajstić information content (AvgIpc) is 2.16. The van der Waals surface area contributed by atoms with E-state index in [0.717, 1.165) is 0 Å². The van der Waals surface area contributed by atoms with Gasteiger partial charge >= 0.3 is 0 Å². The Kier molecular flexibility index (Phi) is 2.93. The van der Waals surface area contributed by atoms with Crippen LogP contribution in [0.15, 0.2) is 47.1 Å². The lowest BCUT2D eigenvalue weighted by Gasteiger charge is -1.78. The van der Waals surface area contributed by atoms with Crippen LogP contribution in [0.25, 0.3) is 0 Å². The van der Waals surface area contributed by atoms with Crippen LogP contribution >= 0.6 is 0 Å². The van der Waals surface area contributed by atoms with Crippen molar-refractivity contribution in [3.05, 3.63) is 48.4 Å². The van der Waals surface area contributed by atoms with Crippen molar-refractivity contribution in [1.29, 1.82) is 0 Å². The Hall–Kier alpha value is -1.57. The van der Waals surface area contributed by atoms with Crippen LogP contribution in [-0.4, -0.2) is 6.29 Å². The summed E-state index contributed by atoms with van der Waals surface area (Å²) < 4.78 is 4.92. The highest BCUT2D eigenvalue weighted by atomic mass is 16.3. The Labute approximate surface area is 64.8 Å². The van der Waals surface area contributed by atoms with E-state index in [9.17, 15) is 4.79 Å². The summed E-state index contributed by atoms with van der Waals surface area (Å²) in [5.41, 5.74) is 0. The minimum Gasteiger partial charge on any atom is -0.462 e. The molecule has 0 radical (unpaired) electrons. The second-order valence-corrected chi connectivity index (χ2v) is 1.90. The fraction of sp³-hybridized carbons (Fsp3) is 0. The van der Waals surface area contributed by atoms with Gasteiger partial charge in [0.15, 0.2) is 12.0 Å². The second kappa shape index (κ2) is 4.28. The minimum absolute atomic E-state index is 0.307. The first kappa shape index (κ1) is 7.54. The third kappa shape index (κ3) is 2.67. The standard InChI is InChI=1S/C9H8O2/c10-8-9-6-4-2-1-3-5-7-11-9/h1-8H. The molecule has 11 heavy (non-hydrogen) atoms. The molecule has 0 aromatic carbocycles. The lowest BCUT2D eigenvalue weighted by molar-refractivity contribution is 0.109. The van der Waals surface area contributed by atoms with Crippen LogP contribution in [0, 0.1) is 0 Å². The number of hydrogen-bond donors (Lipinski definition) is 0. The van der Waals surface area contributed by atoms with Crippen molar-refractivity contribution >= 4 is 6.29 Å². The van der Waals surface area contributed by atoms with Gasteiger partial charge in [-0.1, -0.05) is 24.3 Å². The molecule has 0 unspecified atom stereocenters. The fourth-order valence-electron chi connectivity index (χ4n) is 0.612. The molecule has 2 nitrogen and oxygen atoms in total. The molecule has 1 aromatic heterocycles. The summed E-state index contributed by atoms with van der Waals surface area (Å²) in [5, 5.41) is 0. The van der Waals surface area contributed by atoms with E-state index in [4.69, 9.17) is 4.42 Å². The average molecular weight is 148 g/mol. The predicted molar refractivity (Wildman–Crippen MR) is 41.7 cm³/mol. The summed E-state index contributed by atoms with van der Waals surface area (Å²) in [5.74, 6) is 0.307. The van der Waals surface area contributed by atoms with Gasteiger partial charge < -0.3 is 4.42 Å². The van der Waals surface area contributed by atoms with E-state index in [1.807, 2.05) is 18.2 Å². The van der Waals surface area contributed by atoms with Crippen LogP contribution < -0.4 is 0 Å². The highest BCUT2D eigenvalue weighted by Crippen LogP contribution is 1.89. The van der Waals surface area contributed by atoms with Gasteiger partial charge in [0.05, 0.1) is 6.26 Å². The van der Waals surface area contributed by atoms with Gasteiger partial charge in [-0.3, -0.25) is 4.79 Å². The van der Waals surface area contributed by atoms with Gasteiger partial charge in [-0.2, -0.15) is 0 Å². The van der Waals surface area contributed by atoms with Crippen molar-refractivity contribution in [1.82, 2.24) is 0 Å². The molecule has 0 fully saturated rings. The SMILES string of the molecule is O=Cc1ccccccco1. The summed E-state index contributed by atoms with van der Waals surface area (Å²) in [6.07, 6.45) is 2.13. The van der Waals surface area contributed by atoms with Crippen molar-refractivity contribution < 1.29 is 9.21 Å². The first-order valence-electron chi connectivity index (χ1n) is 3.25. The molecule has 56 valence electrons. The molecule has 0 spiro atoms. The van der Waals surface area contributed by atoms with E-state index in [1.165, 1.54) is 6.26 Å². The molecule has 0 N–H and O–H groups in total. The fourth-order valence-corrected chi connectivity index (χ4v) is 0.612. The normalized spacial score (nSPS) is 8.36. The van der Waals surface area contributed by atoms with Crippen molar-refractivity contribution in [2.45, 2.75) is 0 Å². The van der Waals surface area contributed by atoms with E-state index in [1.54, 1.807) is 18.2 Å². The molecule has 0 aliphatic rings. The Morgan fingerprint density at radius 1 is 1.09 bits per heavy atom. The molecular weight excluding hydrogens is 140 g/mol. The van der Waals surface area contributed by atoms with Crippen LogP contribution in [0.3, 0.4) is 0 Å². The summed E-state index contributed by atoms with van der Waals surface area (Å²) in [4.78, 5) is 10.3. The van der Waals surface area contributed by atoms with Crippen molar-refractivity contribution in [2.24, 2.45) is 0 Å². The third-order valence-corrected chi connectivity index (χ3v) is 1.10. The topological polar surface area (TPSA) is 30.2 Å². The summed E-state index contributed by atoms with van der Waals surface area (Å²) in [7, 11) is 0. The highest BCUT2D eigenvalue weighted by Gasteiger charge is 1.80. The lowest BCUT2D eigenvalue weighted by atomic mass is 10.4. The molecule has 0 saturated heterocycles. The molecule has 0 aliphatic carbocycles. The number of hydrogen-bond acceptors (Lipinski definition) is 2. The Balaban J connectivity index is 3.16. The van der Waals surface area contributed by atoms with E-state index in [0.29, 0.717) is 12.0 Å². The summed E-state index contributed by atoms with van der Waals surface area (Å²) in [6, 6.07) is 10.6. The first-order chi connectivity index (χ1) is 5.43. The molecule has 0 saturated carbocycles. The zero-order valence-electron chi connectivity index (χ0n) is 5.94. The third-order valence-electron chi connectivity index (χ3n) is 1.10. The molecule has 0 atom stereocenters. The van der Waals surface area contributed by atoms with Crippen molar-refractivity contribution in [3.63, 3.8) is 0 Å². The monoisotopic (exact) mass is 148 g/mol. The molecule has 0 aliphatic heterocycles. The van der Waals surface area contributed by atoms with Crippen molar-refractivity contribution in [2.75, 3.05) is 0 Å². The molecule has 1 aromatic rings. The van der Waals surface area contributed by atoms with Gasteiger partial charge in [-0.05, 0) is 12.1 Å². The van der Waals surface area contributed by atoms with Crippen LogP contribution in [0.1, 0.15) is 10.6 Å². The smallest absolute Gasteiger partial charge is 0.185 e. The molecule has 1 heterocycles. The molecule has 2 heteroatoms. The zero-order chi connectivity index (χ0) is 7.94. The van der Waals surface area contributed by atoms with Gasteiger partial charge in [-0.15, -0.1) is 0 Å². The number of carbonyl (C=O) groups is 1. The zero-order valence-corrected chi connectivity index (χ0v) is 5.94. The van der Waals surface area contributed by atoms with Gasteiger partial charge in [0.2, 0.25) is 0 Å². The molecular formula is C9H8O2. The Morgan fingerprint density at radius 3 is 2.64 bits per heavy atom. The predicted octanol–water partition coefficient (Wildman–Crippen LogP) is 2.22. The van der Waals surface area contributed by atoms with Gasteiger partial charge in [0, 0.05) is 0 Å². The number of rotatable bonds is 1. The van der Waals surface area contributed by atoms with Crippen LogP contribution in [0.2, 0.25) is 0 Å². The van der Waals surface area contributed by atoms with E-state index >= 15 is 0 Å². The minimum atomic E-state index is 0.307. The van der Waals surface area contributed by atoms with E-state index < -0.39 is 0 Å². The highest BCUT2D eigenvalue weighted by molar-refractivity contribution is 5.69. The summed E-state index contributed by atoms with van der Waals surface area (Å²) in [6.45, 7) is 0. The number of carbonyl (C=O) groups excluding carboxylic acids is 1. The lowest BCUT2D eigenvalue weighted by Crippen LogP contribution is -1.70. The van der Waals surface area contributed by atoms with Crippen LogP contribution in [0.4, 0.5) is 0 Å². The maximum atomic E-state index is 10.3. The van der Waals surface area contributed by atoms with E-state index in [-0.39, 0.29) is 0 Å². The largest absolute Gasteiger partial charge is 0.462 e. The quantitative estimate of drug-likeness (QED) is 0.571. The Morgan fingerprint density at radius 2 is 1.82 bits per heavy atom. The second-order valence-electron chi connectivity index (χ2n) is 1.90. The van der Waals surface area contributed by atoms with Gasteiger partial charge in [0.25, 0.3) is 0 Å². The molecule has 0 amide bonds. The Bertz CT molecular complexity index is 251.